The van der Waals surface area contributed by atoms with Crippen LogP contribution < -0.4 is 4.72 Å². The van der Waals surface area contributed by atoms with Gasteiger partial charge in [0.05, 0.1) is 12.2 Å². The van der Waals surface area contributed by atoms with Crippen LogP contribution in [0.5, 0.6) is 0 Å². The van der Waals surface area contributed by atoms with Crippen LogP contribution in [0.3, 0.4) is 0 Å². The molecule has 2 N–H and O–H groups in total. The van der Waals surface area contributed by atoms with Gasteiger partial charge in [0.25, 0.3) is 10.2 Å². The Morgan fingerprint density at radius 1 is 1.44 bits per heavy atom. The lowest BCUT2D eigenvalue weighted by Crippen LogP contribution is -2.49. The van der Waals surface area contributed by atoms with Crippen LogP contribution in [0.15, 0.2) is 0 Å². The largest absolute Gasteiger partial charge is 0.390 e. The Morgan fingerprint density at radius 3 is 2.50 bits per heavy atom. The lowest BCUT2D eigenvalue weighted by Gasteiger charge is -2.34. The highest BCUT2D eigenvalue weighted by atomic mass is 32.2. The van der Waals surface area contributed by atoms with Gasteiger partial charge in [-0.2, -0.15) is 17.4 Å². The molecule has 0 aromatic carbocycles. The first kappa shape index (κ1) is 13.9. The van der Waals surface area contributed by atoms with Crippen LogP contribution in [0.25, 0.3) is 0 Å². The van der Waals surface area contributed by atoms with Gasteiger partial charge in [-0.05, 0) is 19.8 Å². The van der Waals surface area contributed by atoms with Crippen molar-refractivity contribution in [2.75, 3.05) is 33.4 Å². The molecule has 16 heavy (non-hydrogen) atoms. The fourth-order valence-corrected chi connectivity index (χ4v) is 2.76. The summed E-state index contributed by atoms with van der Waals surface area (Å²) in [5.74, 6) is 0. The first-order chi connectivity index (χ1) is 7.37. The highest BCUT2D eigenvalue weighted by Gasteiger charge is 2.32. The van der Waals surface area contributed by atoms with Gasteiger partial charge >= 0.3 is 0 Å². The first-order valence-corrected chi connectivity index (χ1v) is 6.77. The molecule has 1 aliphatic rings. The molecule has 7 heteroatoms. The quantitative estimate of drug-likeness (QED) is 0.635. The van der Waals surface area contributed by atoms with Gasteiger partial charge in [-0.1, -0.05) is 0 Å². The number of methoxy groups -OCH3 is 1. The number of nitrogens with zero attached hydrogens (tertiary/aromatic N) is 1. The third-order valence-electron chi connectivity index (χ3n) is 2.73. The Balaban J connectivity index is 2.45. The van der Waals surface area contributed by atoms with Gasteiger partial charge in [0.2, 0.25) is 0 Å². The molecular formula is C9H20N2O4S. The molecule has 1 aliphatic heterocycles. The van der Waals surface area contributed by atoms with E-state index in [1.54, 1.807) is 6.92 Å². The Labute approximate surface area is 96.8 Å². The zero-order chi connectivity index (χ0) is 12.2. The summed E-state index contributed by atoms with van der Waals surface area (Å²) in [6.45, 7) is 3.07. The van der Waals surface area contributed by atoms with Crippen molar-refractivity contribution in [2.24, 2.45) is 0 Å². The van der Waals surface area contributed by atoms with Gasteiger partial charge < -0.3 is 9.84 Å². The summed E-state index contributed by atoms with van der Waals surface area (Å²) >= 11 is 0. The second-order valence-corrected chi connectivity index (χ2v) is 6.04. The highest BCUT2D eigenvalue weighted by Crippen LogP contribution is 2.22. The third kappa shape index (κ3) is 3.99. The number of aliphatic hydroxyl groups is 1. The van der Waals surface area contributed by atoms with Crippen LogP contribution >= 0.6 is 0 Å². The van der Waals surface area contributed by atoms with E-state index in [0.717, 1.165) is 0 Å². The maximum absolute atomic E-state index is 11.7. The normalized spacial score (nSPS) is 22.2. The van der Waals surface area contributed by atoms with E-state index in [9.17, 15) is 13.5 Å². The van der Waals surface area contributed by atoms with Crippen LogP contribution in [0.1, 0.15) is 19.8 Å². The molecule has 0 unspecified atom stereocenters. The number of hydrogen-bond acceptors (Lipinski definition) is 4. The lowest BCUT2D eigenvalue weighted by atomic mass is 9.95. The van der Waals surface area contributed by atoms with Crippen LogP contribution in [0.2, 0.25) is 0 Å². The predicted molar refractivity (Wildman–Crippen MR) is 60.2 cm³/mol. The van der Waals surface area contributed by atoms with Gasteiger partial charge in [-0.15, -0.1) is 0 Å². The molecule has 0 atom stereocenters. The van der Waals surface area contributed by atoms with Crippen molar-refractivity contribution in [2.45, 2.75) is 25.4 Å². The summed E-state index contributed by atoms with van der Waals surface area (Å²) in [6.07, 6.45) is 0.941. The Bertz CT molecular complexity index is 305. The molecule has 0 spiro atoms. The average molecular weight is 252 g/mol. The van der Waals surface area contributed by atoms with E-state index in [4.69, 9.17) is 4.74 Å². The predicted octanol–water partition coefficient (Wildman–Crippen LogP) is -0.686. The molecular weight excluding hydrogens is 232 g/mol. The third-order valence-corrected chi connectivity index (χ3v) is 4.34. The maximum atomic E-state index is 11.7. The van der Waals surface area contributed by atoms with Crippen molar-refractivity contribution >= 4 is 10.2 Å². The highest BCUT2D eigenvalue weighted by molar-refractivity contribution is 7.87. The summed E-state index contributed by atoms with van der Waals surface area (Å²) < 4.78 is 32.1. The van der Waals surface area contributed by atoms with E-state index in [1.165, 1.54) is 11.4 Å². The van der Waals surface area contributed by atoms with Crippen molar-refractivity contribution in [3.05, 3.63) is 0 Å². The molecule has 6 nitrogen and oxygen atoms in total. The molecule has 0 saturated carbocycles. The molecule has 96 valence electrons. The molecule has 1 heterocycles. The summed E-state index contributed by atoms with van der Waals surface area (Å²) in [5.41, 5.74) is -0.738. The summed E-state index contributed by atoms with van der Waals surface area (Å²) in [4.78, 5) is 0. The SMILES string of the molecule is COCCNS(=O)(=O)N1CCC(C)(O)CC1. The standard InChI is InChI=1S/C9H20N2O4S/c1-9(12)3-6-11(7-4-9)16(13,14)10-5-8-15-2/h10,12H,3-8H2,1-2H3. The van der Waals surface area contributed by atoms with Gasteiger partial charge in [0, 0.05) is 26.7 Å². The summed E-state index contributed by atoms with van der Waals surface area (Å²) in [6, 6.07) is 0. The smallest absolute Gasteiger partial charge is 0.279 e. The van der Waals surface area contributed by atoms with Crippen LogP contribution in [0.4, 0.5) is 0 Å². The fourth-order valence-electron chi connectivity index (χ4n) is 1.57. The van der Waals surface area contributed by atoms with Crippen molar-refractivity contribution in [1.29, 1.82) is 0 Å². The minimum Gasteiger partial charge on any atom is -0.390 e. The van der Waals surface area contributed by atoms with Crippen LogP contribution in [-0.4, -0.2) is 56.8 Å². The minimum absolute atomic E-state index is 0.270. The molecule has 0 aromatic heterocycles. The Kier molecular flexibility index (Phi) is 4.69. The van der Waals surface area contributed by atoms with Crippen molar-refractivity contribution < 1.29 is 18.3 Å². The number of hydrogen-bond donors (Lipinski definition) is 2. The van der Waals surface area contributed by atoms with Crippen LogP contribution in [0, 0.1) is 0 Å². The van der Waals surface area contributed by atoms with Gasteiger partial charge in [-0.25, -0.2) is 0 Å². The van der Waals surface area contributed by atoms with E-state index in [1.807, 2.05) is 0 Å². The number of ether oxygens (including phenoxy) is 1. The van der Waals surface area contributed by atoms with E-state index in [0.29, 0.717) is 32.5 Å². The van der Waals surface area contributed by atoms with E-state index in [2.05, 4.69) is 4.72 Å². The molecule has 0 aliphatic carbocycles. The van der Waals surface area contributed by atoms with Crippen molar-refractivity contribution in [3.63, 3.8) is 0 Å². The topological polar surface area (TPSA) is 78.9 Å². The summed E-state index contributed by atoms with van der Waals surface area (Å²) in [7, 11) is -1.89. The first-order valence-electron chi connectivity index (χ1n) is 5.33. The number of nitrogens with one attached hydrogen (secondary N) is 1. The fraction of sp³-hybridized carbons (Fsp3) is 1.00. The van der Waals surface area contributed by atoms with Crippen molar-refractivity contribution in [1.82, 2.24) is 9.03 Å². The maximum Gasteiger partial charge on any atom is 0.279 e. The molecule has 1 rings (SSSR count). The van der Waals surface area contributed by atoms with E-state index >= 15 is 0 Å². The molecule has 0 radical (unpaired) electrons. The Hall–Kier alpha value is -0.210. The minimum atomic E-state index is -3.41. The zero-order valence-electron chi connectivity index (χ0n) is 9.77. The average Bonchev–Trinajstić information content (AvgIpc) is 2.17. The van der Waals surface area contributed by atoms with Gasteiger partial charge in [0.1, 0.15) is 0 Å². The van der Waals surface area contributed by atoms with Gasteiger partial charge in [0.15, 0.2) is 0 Å². The summed E-state index contributed by atoms with van der Waals surface area (Å²) in [5, 5.41) is 9.71. The second-order valence-electron chi connectivity index (χ2n) is 4.29. The molecule has 1 fully saturated rings. The second kappa shape index (κ2) is 5.42. The molecule has 1 saturated heterocycles. The van der Waals surface area contributed by atoms with Crippen molar-refractivity contribution in [3.8, 4) is 0 Å². The molecule has 0 bridgehead atoms. The monoisotopic (exact) mass is 252 g/mol. The van der Waals surface area contributed by atoms with Gasteiger partial charge in [-0.3, -0.25) is 0 Å². The van der Waals surface area contributed by atoms with Crippen LogP contribution in [-0.2, 0) is 14.9 Å². The molecule has 0 aromatic rings. The lowest BCUT2D eigenvalue weighted by molar-refractivity contribution is 0.0123. The Morgan fingerprint density at radius 2 is 2.00 bits per heavy atom. The number of piperidine rings is 1. The van der Waals surface area contributed by atoms with E-state index < -0.39 is 15.8 Å². The zero-order valence-corrected chi connectivity index (χ0v) is 10.6. The van der Waals surface area contributed by atoms with E-state index in [-0.39, 0.29) is 6.54 Å². The number of rotatable bonds is 5. The molecule has 0 amide bonds.